The highest BCUT2D eigenvalue weighted by atomic mass is 16.3. The molecule has 0 atom stereocenters. The average Bonchev–Trinajstić information content (AvgIpc) is 3.77. The number of para-hydroxylation sites is 2. The monoisotopic (exact) mass is 814 g/mol. The van der Waals surface area contributed by atoms with Gasteiger partial charge < -0.3 is 14.1 Å². The minimum Gasteiger partial charge on any atom is -0.454 e. The fourth-order valence-electron chi connectivity index (χ4n) is 11.2. The Balaban J connectivity index is 1.29. The third-order valence-electron chi connectivity index (χ3n) is 14.3. The number of anilines is 5. The summed E-state index contributed by atoms with van der Waals surface area (Å²) in [5.41, 5.74) is 22.8. The smallest absolute Gasteiger partial charge is 0.333 e. The SMILES string of the molecule is CC(C)(C)c1ccc(N2B3c4c(ccc5c4C(C)(C)c4ccccc4-5)N(c4ccccc4-c4ccccc4)c4c3c(cc3c4oc4ccccc43)-c3cc(C(C)(C)C)ccc32)cc1. The number of rotatable bonds is 3. The van der Waals surface area contributed by atoms with Gasteiger partial charge in [0, 0.05) is 44.4 Å². The Morgan fingerprint density at radius 2 is 1.14 bits per heavy atom. The van der Waals surface area contributed by atoms with Crippen molar-refractivity contribution in [2.75, 3.05) is 9.71 Å². The lowest BCUT2D eigenvalue weighted by atomic mass is 9.41. The quantitative estimate of drug-likeness (QED) is 0.166. The largest absolute Gasteiger partial charge is 0.454 e. The third kappa shape index (κ3) is 5.40. The van der Waals surface area contributed by atoms with E-state index in [1.54, 1.807) is 0 Å². The number of nitrogens with zero attached hydrogens (tertiary/aromatic N) is 2. The molecule has 0 saturated carbocycles. The van der Waals surface area contributed by atoms with Crippen molar-refractivity contribution in [3.63, 3.8) is 0 Å². The predicted molar refractivity (Wildman–Crippen MR) is 268 cm³/mol. The minimum absolute atomic E-state index is 0.0212. The molecule has 9 aromatic rings. The van der Waals surface area contributed by atoms with Crippen molar-refractivity contribution in [3.05, 3.63) is 186 Å². The molecule has 0 N–H and O–H groups in total. The first-order valence-electron chi connectivity index (χ1n) is 22.6. The van der Waals surface area contributed by atoms with Crippen molar-refractivity contribution < 1.29 is 4.42 Å². The molecule has 1 aromatic heterocycles. The molecule has 12 rings (SSSR count). The van der Waals surface area contributed by atoms with Gasteiger partial charge in [0.25, 0.3) is 0 Å². The van der Waals surface area contributed by atoms with Crippen LogP contribution in [0.4, 0.5) is 28.4 Å². The standard InChI is InChI=1S/C59H51BN2O/c1-57(2,3)37-26-29-39(30-27-37)62-49-32-28-38(58(4,5)6)34-44(49)45-35-46-42-22-14-17-25-51(42)63-56(46)55-53(45)60(62)54-50(33-31-43-41-21-12-15-23-47(41)59(7,8)52(43)54)61(55)48-24-16-13-20-40(48)36-18-10-9-11-19-36/h9-35H,1-8H3. The second-order valence-electron chi connectivity index (χ2n) is 20.5. The van der Waals surface area contributed by atoms with E-state index in [9.17, 15) is 0 Å². The molecule has 2 aliphatic heterocycles. The van der Waals surface area contributed by atoms with E-state index in [-0.39, 0.29) is 23.1 Å². The Hall–Kier alpha value is -6.78. The maximum Gasteiger partial charge on any atom is 0.333 e. The van der Waals surface area contributed by atoms with E-state index >= 15 is 0 Å². The van der Waals surface area contributed by atoms with Crippen molar-refractivity contribution in [2.24, 2.45) is 0 Å². The number of hydrogen-bond acceptors (Lipinski definition) is 3. The average molecular weight is 815 g/mol. The van der Waals surface area contributed by atoms with Gasteiger partial charge in [0.2, 0.25) is 0 Å². The van der Waals surface area contributed by atoms with Crippen molar-refractivity contribution in [1.29, 1.82) is 0 Å². The van der Waals surface area contributed by atoms with E-state index in [2.05, 4.69) is 229 Å². The van der Waals surface area contributed by atoms with E-state index in [0.717, 1.165) is 33.3 Å². The molecule has 1 aliphatic carbocycles. The second-order valence-corrected chi connectivity index (χ2v) is 20.5. The van der Waals surface area contributed by atoms with Gasteiger partial charge in [-0.2, -0.15) is 0 Å². The lowest BCUT2D eigenvalue weighted by molar-refractivity contribution is 0.590. The fourth-order valence-corrected chi connectivity index (χ4v) is 11.2. The van der Waals surface area contributed by atoms with Gasteiger partial charge >= 0.3 is 6.85 Å². The van der Waals surface area contributed by atoms with Crippen molar-refractivity contribution in [3.8, 4) is 33.4 Å². The molecule has 3 heterocycles. The maximum atomic E-state index is 7.22. The molecule has 0 amide bonds. The van der Waals surface area contributed by atoms with Crippen LogP contribution in [-0.4, -0.2) is 6.85 Å². The van der Waals surface area contributed by atoms with Crippen LogP contribution < -0.4 is 20.6 Å². The molecule has 306 valence electrons. The van der Waals surface area contributed by atoms with Crippen molar-refractivity contribution in [2.45, 2.75) is 71.6 Å². The Morgan fingerprint density at radius 3 is 1.90 bits per heavy atom. The zero-order chi connectivity index (χ0) is 43.2. The minimum atomic E-state index is -0.277. The Morgan fingerprint density at radius 1 is 0.492 bits per heavy atom. The number of fused-ring (bicyclic) bond motifs is 12. The molecule has 0 bridgehead atoms. The van der Waals surface area contributed by atoms with Gasteiger partial charge in [-0.1, -0.05) is 171 Å². The summed E-state index contributed by atoms with van der Waals surface area (Å²) < 4.78 is 7.22. The van der Waals surface area contributed by atoms with Crippen LogP contribution in [0, 0.1) is 0 Å². The normalized spacial score (nSPS) is 14.7. The highest BCUT2D eigenvalue weighted by molar-refractivity contribution is 6.94. The highest BCUT2D eigenvalue weighted by Crippen LogP contribution is 2.56. The third-order valence-corrected chi connectivity index (χ3v) is 14.3. The van der Waals surface area contributed by atoms with E-state index in [1.165, 1.54) is 83.6 Å². The summed E-state index contributed by atoms with van der Waals surface area (Å²) in [5, 5.41) is 2.26. The van der Waals surface area contributed by atoms with Gasteiger partial charge in [-0.3, -0.25) is 0 Å². The van der Waals surface area contributed by atoms with Crippen LogP contribution in [0.5, 0.6) is 0 Å². The molecule has 0 unspecified atom stereocenters. The summed E-state index contributed by atoms with van der Waals surface area (Å²) in [4.78, 5) is 5.25. The van der Waals surface area contributed by atoms with Gasteiger partial charge in [0.05, 0.1) is 11.4 Å². The van der Waals surface area contributed by atoms with E-state index in [4.69, 9.17) is 4.42 Å². The van der Waals surface area contributed by atoms with Crippen LogP contribution in [0.15, 0.2) is 168 Å². The first kappa shape index (κ1) is 37.9. The van der Waals surface area contributed by atoms with E-state index in [1.807, 2.05) is 0 Å². The second kappa shape index (κ2) is 13.1. The molecule has 0 spiro atoms. The summed E-state index contributed by atoms with van der Waals surface area (Å²) >= 11 is 0. The summed E-state index contributed by atoms with van der Waals surface area (Å²) in [6.07, 6.45) is 0. The van der Waals surface area contributed by atoms with Gasteiger partial charge in [0.15, 0.2) is 5.58 Å². The van der Waals surface area contributed by atoms with Crippen molar-refractivity contribution in [1.82, 2.24) is 0 Å². The van der Waals surface area contributed by atoms with Crippen LogP contribution in [0.25, 0.3) is 55.3 Å². The molecule has 0 radical (unpaired) electrons. The van der Waals surface area contributed by atoms with Gasteiger partial charge in [-0.25, -0.2) is 0 Å². The van der Waals surface area contributed by atoms with Gasteiger partial charge in [0.1, 0.15) is 5.58 Å². The van der Waals surface area contributed by atoms with Crippen LogP contribution in [0.2, 0.25) is 0 Å². The molecule has 0 saturated heterocycles. The Bertz CT molecular complexity index is 3340. The zero-order valence-electron chi connectivity index (χ0n) is 37.5. The van der Waals surface area contributed by atoms with Gasteiger partial charge in [-0.05, 0) is 115 Å². The zero-order valence-corrected chi connectivity index (χ0v) is 37.5. The molecule has 3 aliphatic rings. The van der Waals surface area contributed by atoms with Crippen LogP contribution in [0.1, 0.15) is 77.6 Å². The molecule has 4 heteroatoms. The summed E-state index contributed by atoms with van der Waals surface area (Å²) in [6, 6.07) is 61.5. The topological polar surface area (TPSA) is 19.6 Å². The summed E-state index contributed by atoms with van der Waals surface area (Å²) in [5.74, 6) is 0. The molecule has 0 fully saturated rings. The molecule has 63 heavy (non-hydrogen) atoms. The van der Waals surface area contributed by atoms with E-state index in [0.29, 0.717) is 0 Å². The summed E-state index contributed by atoms with van der Waals surface area (Å²) in [7, 11) is 0. The maximum absolute atomic E-state index is 7.22. The van der Waals surface area contributed by atoms with Crippen LogP contribution >= 0.6 is 0 Å². The Labute approximate surface area is 371 Å². The number of benzene rings is 8. The lowest BCUT2D eigenvalue weighted by Crippen LogP contribution is -2.63. The first-order valence-corrected chi connectivity index (χ1v) is 22.6. The molecular formula is C59H51BN2O. The highest BCUT2D eigenvalue weighted by Gasteiger charge is 2.51. The summed E-state index contributed by atoms with van der Waals surface area (Å²) in [6.45, 7) is 18.6. The fraction of sp³-hybridized carbons (Fsp3) is 0.186. The van der Waals surface area contributed by atoms with Crippen LogP contribution in [0.3, 0.4) is 0 Å². The van der Waals surface area contributed by atoms with Crippen LogP contribution in [-0.2, 0) is 16.2 Å². The van der Waals surface area contributed by atoms with Crippen molar-refractivity contribution >= 4 is 68.1 Å². The number of furan rings is 1. The molecule has 8 aromatic carbocycles. The molecule has 3 nitrogen and oxygen atoms in total. The van der Waals surface area contributed by atoms with Gasteiger partial charge in [-0.15, -0.1) is 0 Å². The first-order chi connectivity index (χ1) is 30.3. The van der Waals surface area contributed by atoms with E-state index < -0.39 is 0 Å². The number of hydrogen-bond donors (Lipinski definition) is 0. The lowest BCUT2D eigenvalue weighted by Gasteiger charge is -2.47. The Kier molecular flexibility index (Phi) is 7.91. The molecular weight excluding hydrogens is 763 g/mol. The predicted octanol–water partition coefficient (Wildman–Crippen LogP) is 14.9.